The molecule has 1 amide bonds. The second-order valence-corrected chi connectivity index (χ2v) is 6.99. The average Bonchev–Trinajstić information content (AvgIpc) is 2.67. The number of rotatable bonds is 5. The molecule has 0 saturated heterocycles. The highest BCUT2D eigenvalue weighted by Gasteiger charge is 2.21. The summed E-state index contributed by atoms with van der Waals surface area (Å²) in [4.78, 5) is 24.3. The number of amides is 1. The van der Waals surface area contributed by atoms with Crippen LogP contribution in [0.1, 0.15) is 20.7 Å². The average molecular weight is 465 g/mol. The highest BCUT2D eigenvalue weighted by molar-refractivity contribution is 9.10. The molecular formula is C20H15BrClNO5. The van der Waals surface area contributed by atoms with Crippen molar-refractivity contribution in [3.63, 3.8) is 0 Å². The molecule has 0 atom stereocenters. The zero-order chi connectivity index (χ0) is 20.4. The van der Waals surface area contributed by atoms with Crippen LogP contribution >= 0.6 is 27.5 Å². The van der Waals surface area contributed by atoms with Crippen molar-refractivity contribution >= 4 is 55.9 Å². The monoisotopic (exact) mass is 463 g/mol. The second kappa shape index (κ2) is 8.08. The summed E-state index contributed by atoms with van der Waals surface area (Å²) in [6, 6.07) is 11.8. The van der Waals surface area contributed by atoms with Gasteiger partial charge < -0.3 is 19.9 Å². The maximum atomic E-state index is 13.0. The number of carboxylic acid groups (broad SMARTS) is 1. The fraction of sp³-hybridized carbons (Fsp3) is 0.100. The molecule has 3 aromatic carbocycles. The van der Waals surface area contributed by atoms with Gasteiger partial charge in [-0.15, -0.1) is 0 Å². The molecule has 3 aromatic rings. The third-order valence-electron chi connectivity index (χ3n) is 4.13. The summed E-state index contributed by atoms with van der Waals surface area (Å²) < 4.78 is 11.3. The Morgan fingerprint density at radius 1 is 1.07 bits per heavy atom. The second-order valence-electron chi connectivity index (χ2n) is 5.79. The molecule has 0 unspecified atom stereocenters. The lowest BCUT2D eigenvalue weighted by Crippen LogP contribution is -2.15. The van der Waals surface area contributed by atoms with Gasteiger partial charge in [-0.3, -0.25) is 4.79 Å². The number of halogens is 2. The molecule has 0 fully saturated rings. The van der Waals surface area contributed by atoms with E-state index in [-0.39, 0.29) is 27.6 Å². The number of ether oxygens (including phenoxy) is 2. The minimum Gasteiger partial charge on any atom is -0.495 e. The van der Waals surface area contributed by atoms with Crippen LogP contribution in [0.15, 0.2) is 46.9 Å². The van der Waals surface area contributed by atoms with Crippen LogP contribution in [0.25, 0.3) is 10.8 Å². The molecule has 144 valence electrons. The normalized spacial score (nSPS) is 10.6. The number of methoxy groups -OCH3 is 2. The molecule has 3 rings (SSSR count). The van der Waals surface area contributed by atoms with Crippen LogP contribution in [-0.2, 0) is 0 Å². The standard InChI is InChI=1S/C20H15BrClNO5/c1-27-17-13(7-10-5-3-4-6-12(10)16(17)21)19(24)23-15-9-11(20(25)26)8-14(22)18(15)28-2/h3-9H,1-2H3,(H,23,24)(H,25,26). The van der Waals surface area contributed by atoms with E-state index in [1.54, 1.807) is 6.07 Å². The lowest BCUT2D eigenvalue weighted by Gasteiger charge is -2.16. The van der Waals surface area contributed by atoms with Gasteiger partial charge in [-0.25, -0.2) is 4.79 Å². The molecule has 0 aliphatic rings. The number of carboxylic acids is 1. The van der Waals surface area contributed by atoms with Crippen LogP contribution in [-0.4, -0.2) is 31.2 Å². The Hall–Kier alpha value is -2.77. The van der Waals surface area contributed by atoms with Crippen molar-refractivity contribution in [2.75, 3.05) is 19.5 Å². The Balaban J connectivity index is 2.10. The van der Waals surface area contributed by atoms with Crippen molar-refractivity contribution in [1.82, 2.24) is 0 Å². The first-order valence-corrected chi connectivity index (χ1v) is 9.21. The van der Waals surface area contributed by atoms with Crippen LogP contribution in [0.2, 0.25) is 5.02 Å². The molecule has 2 N–H and O–H groups in total. The van der Waals surface area contributed by atoms with Crippen molar-refractivity contribution in [1.29, 1.82) is 0 Å². The van der Waals surface area contributed by atoms with Crippen LogP contribution in [0, 0.1) is 0 Å². The number of anilines is 1. The summed E-state index contributed by atoms with van der Waals surface area (Å²) in [6.07, 6.45) is 0. The van der Waals surface area contributed by atoms with Gasteiger partial charge >= 0.3 is 5.97 Å². The summed E-state index contributed by atoms with van der Waals surface area (Å²) in [5.41, 5.74) is 0.337. The topological polar surface area (TPSA) is 84.9 Å². The summed E-state index contributed by atoms with van der Waals surface area (Å²) in [5.74, 6) is -1.15. The minimum absolute atomic E-state index is 0.0735. The Bertz CT molecular complexity index is 1100. The van der Waals surface area contributed by atoms with Crippen LogP contribution < -0.4 is 14.8 Å². The lowest BCUT2D eigenvalue weighted by molar-refractivity contribution is 0.0696. The number of fused-ring (bicyclic) bond motifs is 1. The van der Waals surface area contributed by atoms with Gasteiger partial charge in [0.05, 0.1) is 40.5 Å². The Morgan fingerprint density at radius 2 is 1.75 bits per heavy atom. The Kier molecular flexibility index (Phi) is 5.76. The number of hydrogen-bond acceptors (Lipinski definition) is 4. The summed E-state index contributed by atoms with van der Waals surface area (Å²) in [6.45, 7) is 0. The molecule has 0 saturated carbocycles. The van der Waals surface area contributed by atoms with Gasteiger partial charge in [0, 0.05) is 0 Å². The van der Waals surface area contributed by atoms with Crippen molar-refractivity contribution in [3.05, 3.63) is 63.1 Å². The third-order valence-corrected chi connectivity index (χ3v) is 5.20. The first-order chi connectivity index (χ1) is 13.4. The summed E-state index contributed by atoms with van der Waals surface area (Å²) in [5, 5.41) is 13.7. The maximum absolute atomic E-state index is 13.0. The molecule has 6 nitrogen and oxygen atoms in total. The molecule has 28 heavy (non-hydrogen) atoms. The van der Waals surface area contributed by atoms with Gasteiger partial charge in [-0.2, -0.15) is 0 Å². The van der Waals surface area contributed by atoms with Crippen molar-refractivity contribution in [2.24, 2.45) is 0 Å². The quantitative estimate of drug-likeness (QED) is 0.540. The van der Waals surface area contributed by atoms with E-state index < -0.39 is 11.9 Å². The van der Waals surface area contributed by atoms with Gasteiger partial charge in [-0.1, -0.05) is 35.9 Å². The molecule has 8 heteroatoms. The molecule has 0 radical (unpaired) electrons. The van der Waals surface area contributed by atoms with Crippen LogP contribution in [0.3, 0.4) is 0 Å². The minimum atomic E-state index is -1.17. The predicted molar refractivity (Wildman–Crippen MR) is 111 cm³/mol. The zero-order valence-electron chi connectivity index (χ0n) is 14.9. The van der Waals surface area contributed by atoms with Gasteiger partial charge in [0.25, 0.3) is 5.91 Å². The summed E-state index contributed by atoms with van der Waals surface area (Å²) in [7, 11) is 2.85. The van der Waals surface area contributed by atoms with E-state index in [2.05, 4.69) is 21.2 Å². The van der Waals surface area contributed by atoms with Gasteiger partial charge in [0.1, 0.15) is 5.75 Å². The van der Waals surface area contributed by atoms with Gasteiger partial charge in [0.15, 0.2) is 5.75 Å². The molecule has 0 aliphatic carbocycles. The Morgan fingerprint density at radius 3 is 2.39 bits per heavy atom. The fourth-order valence-corrected chi connectivity index (χ4v) is 3.89. The van der Waals surface area contributed by atoms with E-state index in [9.17, 15) is 14.7 Å². The number of aromatic carboxylic acids is 1. The van der Waals surface area contributed by atoms with Gasteiger partial charge in [-0.05, 0) is 44.9 Å². The predicted octanol–water partition coefficient (Wildman–Crippen LogP) is 5.22. The van der Waals surface area contributed by atoms with E-state index in [1.165, 1.54) is 26.4 Å². The first-order valence-electron chi connectivity index (χ1n) is 8.04. The number of carbonyl (C=O) groups is 2. The highest BCUT2D eigenvalue weighted by Crippen LogP contribution is 2.38. The third kappa shape index (κ3) is 3.63. The molecule has 0 bridgehead atoms. The zero-order valence-corrected chi connectivity index (χ0v) is 17.2. The van der Waals surface area contributed by atoms with Crippen LogP contribution in [0.5, 0.6) is 11.5 Å². The highest BCUT2D eigenvalue weighted by atomic mass is 79.9. The number of hydrogen-bond donors (Lipinski definition) is 2. The van der Waals surface area contributed by atoms with E-state index in [4.69, 9.17) is 21.1 Å². The smallest absolute Gasteiger partial charge is 0.335 e. The maximum Gasteiger partial charge on any atom is 0.335 e. The van der Waals surface area contributed by atoms with Gasteiger partial charge in [0.2, 0.25) is 0 Å². The first kappa shape index (κ1) is 20.0. The van der Waals surface area contributed by atoms with E-state index in [0.29, 0.717) is 10.2 Å². The Labute approximate surface area is 174 Å². The molecule has 0 spiro atoms. The molecular weight excluding hydrogens is 450 g/mol. The van der Waals surface area contributed by atoms with Crippen molar-refractivity contribution < 1.29 is 24.2 Å². The fourth-order valence-electron chi connectivity index (χ4n) is 2.86. The van der Waals surface area contributed by atoms with E-state index in [1.807, 2.05) is 24.3 Å². The molecule has 0 aliphatic heterocycles. The molecule has 0 aromatic heterocycles. The van der Waals surface area contributed by atoms with Crippen molar-refractivity contribution in [2.45, 2.75) is 0 Å². The van der Waals surface area contributed by atoms with E-state index >= 15 is 0 Å². The SMILES string of the molecule is COc1c(Cl)cc(C(=O)O)cc1NC(=O)c1cc2ccccc2c(Br)c1OC. The number of nitrogens with one attached hydrogen (secondary N) is 1. The number of benzene rings is 3. The lowest BCUT2D eigenvalue weighted by atomic mass is 10.0. The number of carbonyl (C=O) groups excluding carboxylic acids is 1. The molecule has 0 heterocycles. The van der Waals surface area contributed by atoms with E-state index in [0.717, 1.165) is 10.8 Å². The largest absolute Gasteiger partial charge is 0.495 e. The summed E-state index contributed by atoms with van der Waals surface area (Å²) >= 11 is 9.59. The van der Waals surface area contributed by atoms with Crippen LogP contribution in [0.4, 0.5) is 5.69 Å². The van der Waals surface area contributed by atoms with Crippen molar-refractivity contribution in [3.8, 4) is 11.5 Å².